The topological polar surface area (TPSA) is 52.3 Å². The Morgan fingerprint density at radius 3 is 2.29 bits per heavy atom. The molecule has 2 N–H and O–H groups in total. The van der Waals surface area contributed by atoms with Gasteiger partial charge in [-0.05, 0) is 39.7 Å². The van der Waals surface area contributed by atoms with E-state index in [-0.39, 0.29) is 5.97 Å². The summed E-state index contributed by atoms with van der Waals surface area (Å²) < 4.78 is 5.23. The molecule has 1 atom stereocenters. The Hall–Kier alpha value is -1.35. The van der Waals surface area contributed by atoms with Crippen LogP contribution in [0.25, 0.3) is 0 Å². The monoisotopic (exact) mass is 235 g/mol. The van der Waals surface area contributed by atoms with Gasteiger partial charge in [0.25, 0.3) is 0 Å². The van der Waals surface area contributed by atoms with Gasteiger partial charge in [0.1, 0.15) is 11.6 Å². The molecule has 3 heteroatoms. The normalized spacial score (nSPS) is 13.2. The zero-order valence-electron chi connectivity index (χ0n) is 11.0. The minimum absolute atomic E-state index is 0.349. The first kappa shape index (κ1) is 13.7. The van der Waals surface area contributed by atoms with Crippen LogP contribution in [0.15, 0.2) is 24.3 Å². The van der Waals surface area contributed by atoms with Crippen molar-refractivity contribution in [2.24, 2.45) is 5.73 Å². The second-order valence-corrected chi connectivity index (χ2v) is 5.33. The third-order valence-electron chi connectivity index (χ3n) is 2.29. The molecular weight excluding hydrogens is 214 g/mol. The highest BCUT2D eigenvalue weighted by Gasteiger charge is 2.22. The van der Waals surface area contributed by atoms with Crippen LogP contribution in [0.5, 0.6) is 0 Å². The molecule has 0 heterocycles. The van der Waals surface area contributed by atoms with E-state index in [0.29, 0.717) is 6.42 Å². The van der Waals surface area contributed by atoms with Crippen molar-refractivity contribution in [2.75, 3.05) is 0 Å². The maximum absolute atomic E-state index is 11.7. The summed E-state index contributed by atoms with van der Waals surface area (Å²) in [5, 5.41) is 0. The minimum atomic E-state index is -0.600. The number of hydrogen-bond acceptors (Lipinski definition) is 3. The Bertz CT molecular complexity index is 376. The van der Waals surface area contributed by atoms with Gasteiger partial charge in [-0.25, -0.2) is 0 Å². The summed E-state index contributed by atoms with van der Waals surface area (Å²) in [4.78, 5) is 11.7. The van der Waals surface area contributed by atoms with Crippen LogP contribution < -0.4 is 5.73 Å². The molecule has 0 spiro atoms. The standard InChI is InChI=1S/C14H21NO2/c1-10-5-7-11(8-6-10)9-12(15)13(16)17-14(2,3)4/h5-8,12H,9,15H2,1-4H3. The summed E-state index contributed by atoms with van der Waals surface area (Å²) in [6, 6.07) is 7.39. The second-order valence-electron chi connectivity index (χ2n) is 5.33. The first-order valence-electron chi connectivity index (χ1n) is 5.82. The van der Waals surface area contributed by atoms with Crippen LogP contribution in [0, 0.1) is 6.92 Å². The molecule has 0 radical (unpaired) electrons. The van der Waals surface area contributed by atoms with Crippen molar-refractivity contribution in [1.82, 2.24) is 0 Å². The Balaban J connectivity index is 2.57. The average molecular weight is 235 g/mol. The lowest BCUT2D eigenvalue weighted by Gasteiger charge is -2.22. The van der Waals surface area contributed by atoms with Crippen LogP contribution in [-0.2, 0) is 16.0 Å². The first-order chi connectivity index (χ1) is 7.78. The molecular formula is C14H21NO2. The van der Waals surface area contributed by atoms with Crippen LogP contribution >= 0.6 is 0 Å². The molecule has 0 bridgehead atoms. The number of carbonyl (C=O) groups excluding carboxylic acids is 1. The molecule has 1 unspecified atom stereocenters. The Labute approximate surface area is 103 Å². The van der Waals surface area contributed by atoms with Crippen molar-refractivity contribution >= 4 is 5.97 Å². The summed E-state index contributed by atoms with van der Waals surface area (Å²) >= 11 is 0. The van der Waals surface area contributed by atoms with Gasteiger partial charge in [-0.3, -0.25) is 4.79 Å². The molecule has 0 amide bonds. The van der Waals surface area contributed by atoms with Crippen molar-refractivity contribution in [2.45, 2.75) is 45.8 Å². The van der Waals surface area contributed by atoms with Gasteiger partial charge in [0.05, 0.1) is 0 Å². The number of hydrogen-bond donors (Lipinski definition) is 1. The van der Waals surface area contributed by atoms with Crippen LogP contribution in [0.2, 0.25) is 0 Å². The van der Waals surface area contributed by atoms with Crippen molar-refractivity contribution in [3.05, 3.63) is 35.4 Å². The highest BCUT2D eigenvalue weighted by atomic mass is 16.6. The van der Waals surface area contributed by atoms with Gasteiger partial charge in [0.15, 0.2) is 0 Å². The number of carbonyl (C=O) groups is 1. The van der Waals surface area contributed by atoms with Gasteiger partial charge in [-0.1, -0.05) is 29.8 Å². The molecule has 94 valence electrons. The molecule has 1 aromatic rings. The predicted octanol–water partition coefficient (Wildman–Crippen LogP) is 2.21. The molecule has 0 aromatic heterocycles. The van der Waals surface area contributed by atoms with Crippen molar-refractivity contribution < 1.29 is 9.53 Å². The summed E-state index contributed by atoms with van der Waals surface area (Å²) in [5.41, 5.74) is 7.58. The average Bonchev–Trinajstić information content (AvgIpc) is 2.19. The summed E-state index contributed by atoms with van der Waals surface area (Å²) in [6.07, 6.45) is 0.509. The molecule has 17 heavy (non-hydrogen) atoms. The molecule has 0 aliphatic heterocycles. The third-order valence-corrected chi connectivity index (χ3v) is 2.29. The van der Waals surface area contributed by atoms with Crippen LogP contribution in [-0.4, -0.2) is 17.6 Å². The van der Waals surface area contributed by atoms with Crippen LogP contribution in [0.3, 0.4) is 0 Å². The van der Waals surface area contributed by atoms with Gasteiger partial charge < -0.3 is 10.5 Å². The molecule has 1 aromatic carbocycles. The fraction of sp³-hybridized carbons (Fsp3) is 0.500. The van der Waals surface area contributed by atoms with Gasteiger partial charge in [0.2, 0.25) is 0 Å². The number of rotatable bonds is 3. The van der Waals surface area contributed by atoms with E-state index >= 15 is 0 Å². The van der Waals surface area contributed by atoms with Crippen molar-refractivity contribution in [1.29, 1.82) is 0 Å². The zero-order chi connectivity index (χ0) is 13.1. The van der Waals surface area contributed by atoms with Crippen molar-refractivity contribution in [3.63, 3.8) is 0 Å². The summed E-state index contributed by atoms with van der Waals surface area (Å²) in [6.45, 7) is 7.54. The highest BCUT2D eigenvalue weighted by Crippen LogP contribution is 2.11. The van der Waals surface area contributed by atoms with E-state index in [9.17, 15) is 4.79 Å². The summed E-state index contributed by atoms with van der Waals surface area (Å²) in [5.74, 6) is -0.349. The number of nitrogens with two attached hydrogens (primary N) is 1. The molecule has 0 saturated carbocycles. The number of ether oxygens (including phenoxy) is 1. The Morgan fingerprint density at radius 2 is 1.82 bits per heavy atom. The van der Waals surface area contributed by atoms with E-state index < -0.39 is 11.6 Å². The van der Waals surface area contributed by atoms with Gasteiger partial charge >= 0.3 is 5.97 Å². The summed E-state index contributed by atoms with van der Waals surface area (Å²) in [7, 11) is 0. The Kier molecular flexibility index (Phi) is 4.29. The van der Waals surface area contributed by atoms with E-state index in [2.05, 4.69) is 0 Å². The lowest BCUT2D eigenvalue weighted by molar-refractivity contribution is -0.156. The molecule has 1 rings (SSSR count). The molecule has 3 nitrogen and oxygen atoms in total. The van der Waals surface area contributed by atoms with E-state index in [1.165, 1.54) is 5.56 Å². The maximum atomic E-state index is 11.7. The fourth-order valence-corrected chi connectivity index (χ4v) is 1.44. The fourth-order valence-electron chi connectivity index (χ4n) is 1.44. The molecule has 0 saturated heterocycles. The number of benzene rings is 1. The first-order valence-corrected chi connectivity index (χ1v) is 5.82. The van der Waals surface area contributed by atoms with Gasteiger partial charge in [-0.15, -0.1) is 0 Å². The minimum Gasteiger partial charge on any atom is -0.459 e. The zero-order valence-corrected chi connectivity index (χ0v) is 11.0. The third kappa shape index (κ3) is 5.00. The SMILES string of the molecule is Cc1ccc(CC(N)C(=O)OC(C)(C)C)cc1. The van der Waals surface area contributed by atoms with E-state index in [1.807, 2.05) is 52.0 Å². The van der Waals surface area contributed by atoms with Gasteiger partial charge in [0, 0.05) is 0 Å². The van der Waals surface area contributed by atoms with E-state index in [1.54, 1.807) is 0 Å². The van der Waals surface area contributed by atoms with E-state index in [4.69, 9.17) is 10.5 Å². The maximum Gasteiger partial charge on any atom is 0.323 e. The van der Waals surface area contributed by atoms with Gasteiger partial charge in [-0.2, -0.15) is 0 Å². The number of aryl methyl sites for hydroxylation is 1. The Morgan fingerprint density at radius 1 is 1.29 bits per heavy atom. The molecule has 0 aliphatic carbocycles. The lowest BCUT2D eigenvalue weighted by atomic mass is 10.0. The predicted molar refractivity (Wildman–Crippen MR) is 68.7 cm³/mol. The van der Waals surface area contributed by atoms with Crippen LogP contribution in [0.4, 0.5) is 0 Å². The van der Waals surface area contributed by atoms with Crippen molar-refractivity contribution in [3.8, 4) is 0 Å². The van der Waals surface area contributed by atoms with E-state index in [0.717, 1.165) is 5.56 Å². The smallest absolute Gasteiger partial charge is 0.323 e. The number of esters is 1. The highest BCUT2D eigenvalue weighted by molar-refractivity contribution is 5.76. The van der Waals surface area contributed by atoms with Crippen LogP contribution in [0.1, 0.15) is 31.9 Å². The quantitative estimate of drug-likeness (QED) is 0.817. The largest absolute Gasteiger partial charge is 0.459 e. The second kappa shape index (κ2) is 5.32. The molecule has 0 aliphatic rings. The molecule has 0 fully saturated rings. The lowest BCUT2D eigenvalue weighted by Crippen LogP contribution is -2.38.